The van der Waals surface area contributed by atoms with Gasteiger partial charge in [-0.1, -0.05) is 12.1 Å². The summed E-state index contributed by atoms with van der Waals surface area (Å²) in [5.41, 5.74) is 5.71. The topological polar surface area (TPSA) is 84.7 Å². The summed E-state index contributed by atoms with van der Waals surface area (Å²) in [5, 5.41) is 0. The first-order chi connectivity index (χ1) is 7.15. The normalized spacial score (nSPS) is 10.2. The van der Waals surface area contributed by atoms with Crippen LogP contribution >= 0.6 is 22.6 Å². The van der Waals surface area contributed by atoms with Gasteiger partial charge in [0.25, 0.3) is 0 Å². The summed E-state index contributed by atoms with van der Waals surface area (Å²) >= 11 is 2.18. The van der Waals surface area contributed by atoms with Crippen molar-refractivity contribution >= 4 is 28.5 Å². The molecule has 15 heavy (non-hydrogen) atoms. The molecule has 0 aliphatic heterocycles. The number of halogens is 1. The summed E-state index contributed by atoms with van der Waals surface area (Å²) in [7, 11) is 0. The van der Waals surface area contributed by atoms with Gasteiger partial charge in [-0.2, -0.15) is 9.97 Å². The average Bonchev–Trinajstić information content (AvgIpc) is 2.16. The van der Waals surface area contributed by atoms with Crippen LogP contribution in [0.4, 0.5) is 5.95 Å². The average molecular weight is 314 g/mol. The van der Waals surface area contributed by atoms with Crippen molar-refractivity contribution < 1.29 is 0 Å². The van der Waals surface area contributed by atoms with Crippen molar-refractivity contribution in [1.29, 1.82) is 0 Å². The van der Waals surface area contributed by atoms with Crippen molar-refractivity contribution in [3.05, 3.63) is 38.3 Å². The Balaban J connectivity index is 2.59. The van der Waals surface area contributed by atoms with Gasteiger partial charge in [-0.15, -0.1) is 0 Å². The minimum Gasteiger partial charge on any atom is -0.368 e. The van der Waals surface area contributed by atoms with E-state index in [0.29, 0.717) is 5.82 Å². The maximum absolute atomic E-state index is 11.1. The van der Waals surface area contributed by atoms with E-state index in [2.05, 4.69) is 37.5 Å². The lowest BCUT2D eigenvalue weighted by molar-refractivity contribution is 1.01. The smallest absolute Gasteiger partial charge is 0.349 e. The lowest BCUT2D eigenvalue weighted by Crippen LogP contribution is -2.15. The lowest BCUT2D eigenvalue weighted by Gasteiger charge is -2.00. The summed E-state index contributed by atoms with van der Waals surface area (Å²) in [4.78, 5) is 21.0. The lowest BCUT2D eigenvalue weighted by atomic mass is 10.2. The Morgan fingerprint density at radius 1 is 1.33 bits per heavy atom. The highest BCUT2D eigenvalue weighted by molar-refractivity contribution is 14.1. The fraction of sp³-hybridized carbons (Fsp3) is 0. The first kappa shape index (κ1) is 10.1. The summed E-state index contributed by atoms with van der Waals surface area (Å²) in [6.07, 6.45) is 0. The van der Waals surface area contributed by atoms with Crippen LogP contribution in [0.1, 0.15) is 0 Å². The van der Waals surface area contributed by atoms with Gasteiger partial charge < -0.3 is 5.73 Å². The molecule has 0 saturated carbocycles. The number of H-pyrrole nitrogens is 1. The standard InChI is InChI=1S/C9H7IN4O/c10-6-3-1-2-5(4-6)7-12-8(11)14-9(15)13-7/h1-4H,(H3,11,12,13,14,15). The van der Waals surface area contributed by atoms with Crippen molar-refractivity contribution in [2.24, 2.45) is 0 Å². The summed E-state index contributed by atoms with van der Waals surface area (Å²) < 4.78 is 1.06. The predicted molar refractivity (Wildman–Crippen MR) is 65.2 cm³/mol. The molecule has 0 spiro atoms. The highest BCUT2D eigenvalue weighted by Gasteiger charge is 2.02. The molecule has 0 amide bonds. The van der Waals surface area contributed by atoms with E-state index in [1.165, 1.54) is 0 Å². The number of rotatable bonds is 1. The van der Waals surface area contributed by atoms with E-state index < -0.39 is 5.69 Å². The molecule has 6 heteroatoms. The first-order valence-electron chi connectivity index (χ1n) is 4.15. The Hall–Kier alpha value is -1.44. The summed E-state index contributed by atoms with van der Waals surface area (Å²) in [6, 6.07) is 7.58. The third kappa shape index (κ3) is 2.32. The molecule has 0 fully saturated rings. The second kappa shape index (κ2) is 3.97. The molecule has 2 aromatic rings. The molecule has 1 heterocycles. The van der Waals surface area contributed by atoms with Crippen LogP contribution in [0.15, 0.2) is 29.1 Å². The molecule has 0 atom stereocenters. The van der Waals surface area contributed by atoms with Crippen LogP contribution < -0.4 is 11.4 Å². The van der Waals surface area contributed by atoms with E-state index in [4.69, 9.17) is 5.73 Å². The molecule has 3 N–H and O–H groups in total. The van der Waals surface area contributed by atoms with E-state index in [1.54, 1.807) is 0 Å². The molecule has 2 rings (SSSR count). The molecule has 0 unspecified atom stereocenters. The van der Waals surface area contributed by atoms with Crippen molar-refractivity contribution in [2.45, 2.75) is 0 Å². The van der Waals surface area contributed by atoms with Gasteiger partial charge in [0.15, 0.2) is 0 Å². The van der Waals surface area contributed by atoms with Crippen molar-refractivity contribution in [3.8, 4) is 11.4 Å². The zero-order valence-corrected chi connectivity index (χ0v) is 9.72. The van der Waals surface area contributed by atoms with Gasteiger partial charge in [-0.05, 0) is 34.7 Å². The number of anilines is 1. The molecule has 1 aromatic heterocycles. The second-order valence-electron chi connectivity index (χ2n) is 2.87. The molecular weight excluding hydrogens is 307 g/mol. The molecule has 76 valence electrons. The van der Waals surface area contributed by atoms with Gasteiger partial charge in [0, 0.05) is 9.13 Å². The highest BCUT2D eigenvalue weighted by atomic mass is 127. The number of nitrogens with zero attached hydrogens (tertiary/aromatic N) is 2. The van der Waals surface area contributed by atoms with E-state index in [-0.39, 0.29) is 5.95 Å². The quantitative estimate of drug-likeness (QED) is 0.770. The molecule has 5 nitrogen and oxygen atoms in total. The summed E-state index contributed by atoms with van der Waals surface area (Å²) in [6.45, 7) is 0. The van der Waals surface area contributed by atoms with Gasteiger partial charge >= 0.3 is 5.69 Å². The Kier molecular flexibility index (Phi) is 2.67. The Bertz CT molecular complexity index is 552. The molecule has 0 aliphatic rings. The Morgan fingerprint density at radius 2 is 2.13 bits per heavy atom. The van der Waals surface area contributed by atoms with Gasteiger partial charge in [-0.3, -0.25) is 4.98 Å². The molecule has 0 aliphatic carbocycles. The van der Waals surface area contributed by atoms with Crippen LogP contribution in [-0.4, -0.2) is 15.0 Å². The van der Waals surface area contributed by atoms with Crippen LogP contribution in [0, 0.1) is 3.57 Å². The monoisotopic (exact) mass is 314 g/mol. The molecule has 0 radical (unpaired) electrons. The van der Waals surface area contributed by atoms with E-state index in [9.17, 15) is 4.79 Å². The third-order valence-corrected chi connectivity index (χ3v) is 2.44. The Morgan fingerprint density at radius 3 is 2.80 bits per heavy atom. The van der Waals surface area contributed by atoms with E-state index >= 15 is 0 Å². The molecule has 0 saturated heterocycles. The molecule has 0 bridgehead atoms. The number of aromatic nitrogens is 3. The zero-order chi connectivity index (χ0) is 10.8. The van der Waals surface area contributed by atoms with Gasteiger partial charge in [0.2, 0.25) is 5.95 Å². The predicted octanol–water partition coefficient (Wildman–Crippen LogP) is 1.02. The van der Waals surface area contributed by atoms with Crippen molar-refractivity contribution in [3.63, 3.8) is 0 Å². The fourth-order valence-electron chi connectivity index (χ4n) is 1.17. The van der Waals surface area contributed by atoms with Gasteiger partial charge in [-0.25, -0.2) is 4.79 Å². The molecular formula is C9H7IN4O. The number of nitrogens with one attached hydrogen (secondary N) is 1. The SMILES string of the molecule is Nc1nc(-c2cccc(I)c2)[nH]c(=O)n1. The number of nitrogens with two attached hydrogens (primary N) is 1. The van der Waals surface area contributed by atoms with Crippen molar-refractivity contribution in [1.82, 2.24) is 15.0 Å². The summed E-state index contributed by atoms with van der Waals surface area (Å²) in [5.74, 6) is 0.415. The van der Waals surface area contributed by atoms with Gasteiger partial charge in [0.1, 0.15) is 5.82 Å². The van der Waals surface area contributed by atoms with Crippen LogP contribution in [0.25, 0.3) is 11.4 Å². The number of hydrogen-bond donors (Lipinski definition) is 2. The largest absolute Gasteiger partial charge is 0.368 e. The van der Waals surface area contributed by atoms with Crippen LogP contribution in [0.3, 0.4) is 0 Å². The van der Waals surface area contributed by atoms with E-state index in [0.717, 1.165) is 9.13 Å². The van der Waals surface area contributed by atoms with Crippen LogP contribution in [0.2, 0.25) is 0 Å². The first-order valence-corrected chi connectivity index (χ1v) is 5.23. The maximum Gasteiger partial charge on any atom is 0.349 e. The Labute approximate surface area is 98.9 Å². The zero-order valence-electron chi connectivity index (χ0n) is 7.57. The minimum atomic E-state index is -0.489. The minimum absolute atomic E-state index is 0.0207. The number of benzene rings is 1. The number of nitrogen functional groups attached to an aromatic ring is 1. The number of aromatic amines is 1. The van der Waals surface area contributed by atoms with E-state index in [1.807, 2.05) is 24.3 Å². The third-order valence-electron chi connectivity index (χ3n) is 1.77. The highest BCUT2D eigenvalue weighted by Crippen LogP contribution is 2.16. The van der Waals surface area contributed by atoms with Crippen LogP contribution in [-0.2, 0) is 0 Å². The van der Waals surface area contributed by atoms with Gasteiger partial charge in [0.05, 0.1) is 0 Å². The van der Waals surface area contributed by atoms with Crippen molar-refractivity contribution in [2.75, 3.05) is 5.73 Å². The molecule has 1 aromatic carbocycles. The van der Waals surface area contributed by atoms with Crippen LogP contribution in [0.5, 0.6) is 0 Å². The number of hydrogen-bond acceptors (Lipinski definition) is 4. The fourth-order valence-corrected chi connectivity index (χ4v) is 1.72. The maximum atomic E-state index is 11.1. The second-order valence-corrected chi connectivity index (χ2v) is 4.12.